The van der Waals surface area contributed by atoms with Crippen LogP contribution in [-0.4, -0.2) is 48.0 Å². The molecule has 0 aliphatic rings. The summed E-state index contributed by atoms with van der Waals surface area (Å²) in [4.78, 5) is 1.56. The van der Waals surface area contributed by atoms with Crippen LogP contribution in [0.4, 0.5) is 8.78 Å². The van der Waals surface area contributed by atoms with E-state index in [0.717, 1.165) is 11.8 Å². The number of nitrogens with zero attached hydrogens (tertiary/aromatic N) is 1. The summed E-state index contributed by atoms with van der Waals surface area (Å²) < 4.78 is 23.8. The van der Waals surface area contributed by atoms with Crippen LogP contribution in [0.1, 0.15) is 6.42 Å². The van der Waals surface area contributed by atoms with Crippen molar-refractivity contribution in [1.82, 2.24) is 4.90 Å². The summed E-state index contributed by atoms with van der Waals surface area (Å²) in [7, 11) is 0. The number of aliphatic hydroxyl groups is 1. The summed E-state index contributed by atoms with van der Waals surface area (Å²) in [6.07, 6.45) is -1.49. The van der Waals surface area contributed by atoms with Crippen molar-refractivity contribution in [3.63, 3.8) is 0 Å². The minimum absolute atomic E-state index is 0.0605. The van der Waals surface area contributed by atoms with Crippen molar-refractivity contribution < 1.29 is 13.9 Å². The Balaban J connectivity index is 3.54. The third-order valence-corrected chi connectivity index (χ3v) is 1.98. The molecule has 2 nitrogen and oxygen atoms in total. The van der Waals surface area contributed by atoms with Crippen molar-refractivity contribution in [3.05, 3.63) is 0 Å². The molecule has 0 saturated heterocycles. The maximum atomic E-state index is 11.9. The molecule has 12 heavy (non-hydrogen) atoms. The van der Waals surface area contributed by atoms with Crippen LogP contribution in [0.15, 0.2) is 0 Å². The van der Waals surface area contributed by atoms with Gasteiger partial charge in [-0.25, -0.2) is 8.78 Å². The van der Waals surface area contributed by atoms with E-state index in [-0.39, 0.29) is 13.2 Å². The van der Waals surface area contributed by atoms with Crippen LogP contribution < -0.4 is 0 Å². The van der Waals surface area contributed by atoms with Gasteiger partial charge in [-0.3, -0.25) is 4.90 Å². The van der Waals surface area contributed by atoms with Crippen molar-refractivity contribution in [2.24, 2.45) is 0 Å². The topological polar surface area (TPSA) is 23.5 Å². The fraction of sp³-hybridized carbons (Fsp3) is 1.00. The molecule has 0 fully saturated rings. The first-order chi connectivity index (χ1) is 5.70. The predicted molar refractivity (Wildman–Crippen MR) is 47.9 cm³/mol. The van der Waals surface area contributed by atoms with E-state index in [1.807, 2.05) is 0 Å². The highest BCUT2D eigenvalue weighted by atomic mass is 79.9. The Morgan fingerprint density at radius 1 is 1.33 bits per heavy atom. The Labute approximate surface area is 79.7 Å². The van der Waals surface area contributed by atoms with E-state index in [1.165, 1.54) is 0 Å². The first-order valence-corrected chi connectivity index (χ1v) is 5.00. The van der Waals surface area contributed by atoms with Crippen molar-refractivity contribution in [2.75, 3.05) is 31.6 Å². The van der Waals surface area contributed by atoms with Gasteiger partial charge in [0.05, 0.1) is 13.2 Å². The molecule has 0 atom stereocenters. The lowest BCUT2D eigenvalue weighted by molar-refractivity contribution is 0.0786. The second kappa shape index (κ2) is 7.89. The number of halogens is 3. The van der Waals surface area contributed by atoms with Crippen LogP contribution in [0, 0.1) is 0 Å². The molecule has 0 spiro atoms. The largest absolute Gasteiger partial charge is 0.395 e. The predicted octanol–water partition coefficient (Wildman–Crippen LogP) is 1.33. The fourth-order valence-corrected chi connectivity index (χ4v) is 1.17. The number of hydrogen-bond donors (Lipinski definition) is 1. The van der Waals surface area contributed by atoms with Gasteiger partial charge in [-0.05, 0) is 13.0 Å². The summed E-state index contributed by atoms with van der Waals surface area (Å²) in [6.45, 7) is 0.635. The van der Waals surface area contributed by atoms with Crippen LogP contribution >= 0.6 is 15.9 Å². The molecule has 0 amide bonds. The number of rotatable bonds is 7. The van der Waals surface area contributed by atoms with E-state index < -0.39 is 6.43 Å². The van der Waals surface area contributed by atoms with Crippen LogP contribution in [0.5, 0.6) is 0 Å². The van der Waals surface area contributed by atoms with Gasteiger partial charge in [0, 0.05) is 11.9 Å². The molecule has 5 heteroatoms. The van der Waals surface area contributed by atoms with Gasteiger partial charge in [0.1, 0.15) is 0 Å². The maximum absolute atomic E-state index is 11.9. The lowest BCUT2D eigenvalue weighted by atomic mass is 10.4. The first-order valence-electron chi connectivity index (χ1n) is 3.88. The van der Waals surface area contributed by atoms with Crippen LogP contribution in [0.2, 0.25) is 0 Å². The molecule has 0 aromatic heterocycles. The SMILES string of the molecule is OCCN(CCCBr)CC(F)F. The van der Waals surface area contributed by atoms with Gasteiger partial charge in [0.25, 0.3) is 6.43 Å². The first kappa shape index (κ1) is 12.3. The van der Waals surface area contributed by atoms with Crippen LogP contribution in [-0.2, 0) is 0 Å². The fourth-order valence-electron chi connectivity index (χ4n) is 0.914. The van der Waals surface area contributed by atoms with Crippen LogP contribution in [0.25, 0.3) is 0 Å². The van der Waals surface area contributed by atoms with E-state index in [4.69, 9.17) is 5.11 Å². The Morgan fingerprint density at radius 3 is 2.42 bits per heavy atom. The van der Waals surface area contributed by atoms with Gasteiger partial charge in [-0.2, -0.15) is 0 Å². The van der Waals surface area contributed by atoms with Crippen molar-refractivity contribution in [1.29, 1.82) is 0 Å². The highest BCUT2D eigenvalue weighted by Crippen LogP contribution is 2.00. The van der Waals surface area contributed by atoms with Crippen molar-refractivity contribution in [3.8, 4) is 0 Å². The molecule has 0 aliphatic carbocycles. The Bertz CT molecular complexity index is 105. The van der Waals surface area contributed by atoms with Gasteiger partial charge in [-0.15, -0.1) is 0 Å². The summed E-state index contributed by atoms with van der Waals surface area (Å²) in [5.74, 6) is 0. The average Bonchev–Trinajstić information content (AvgIpc) is 2.00. The molecule has 0 aromatic rings. The quantitative estimate of drug-likeness (QED) is 0.685. The Kier molecular flexibility index (Phi) is 8.06. The van der Waals surface area contributed by atoms with Gasteiger partial charge in [-0.1, -0.05) is 15.9 Å². The van der Waals surface area contributed by atoms with E-state index in [2.05, 4.69) is 15.9 Å². The molecule has 74 valence electrons. The zero-order valence-corrected chi connectivity index (χ0v) is 8.43. The molecular weight excluding hydrogens is 232 g/mol. The Hall–Kier alpha value is 0.260. The molecule has 0 unspecified atom stereocenters. The average molecular weight is 246 g/mol. The highest BCUT2D eigenvalue weighted by Gasteiger charge is 2.10. The number of aliphatic hydroxyl groups excluding tert-OH is 1. The molecule has 0 radical (unpaired) electrons. The molecule has 0 rings (SSSR count). The van der Waals surface area contributed by atoms with E-state index in [0.29, 0.717) is 13.1 Å². The molecular formula is C7H14BrF2NO. The normalized spacial score (nSPS) is 11.5. The lowest BCUT2D eigenvalue weighted by Gasteiger charge is -2.19. The van der Waals surface area contributed by atoms with Gasteiger partial charge in [0.2, 0.25) is 0 Å². The summed E-state index contributed by atoms with van der Waals surface area (Å²) >= 11 is 3.22. The molecule has 0 bridgehead atoms. The number of alkyl halides is 3. The zero-order valence-electron chi connectivity index (χ0n) is 6.85. The Morgan fingerprint density at radius 2 is 2.00 bits per heavy atom. The van der Waals surface area contributed by atoms with Gasteiger partial charge < -0.3 is 5.11 Å². The standard InChI is InChI=1S/C7H14BrF2NO/c8-2-1-3-11(4-5-12)6-7(9)10/h7,12H,1-6H2. The second-order valence-electron chi connectivity index (χ2n) is 2.46. The number of hydrogen-bond acceptors (Lipinski definition) is 2. The van der Waals surface area contributed by atoms with E-state index >= 15 is 0 Å². The second-order valence-corrected chi connectivity index (χ2v) is 3.25. The molecule has 0 heterocycles. The maximum Gasteiger partial charge on any atom is 0.251 e. The third-order valence-electron chi connectivity index (χ3n) is 1.42. The summed E-state index contributed by atoms with van der Waals surface area (Å²) in [5, 5.41) is 9.35. The minimum atomic E-state index is -2.31. The highest BCUT2D eigenvalue weighted by molar-refractivity contribution is 9.09. The third kappa shape index (κ3) is 6.94. The van der Waals surface area contributed by atoms with Crippen LogP contribution in [0.3, 0.4) is 0 Å². The smallest absolute Gasteiger partial charge is 0.251 e. The molecule has 0 aromatic carbocycles. The monoisotopic (exact) mass is 245 g/mol. The minimum Gasteiger partial charge on any atom is -0.395 e. The van der Waals surface area contributed by atoms with Crippen molar-refractivity contribution in [2.45, 2.75) is 12.8 Å². The lowest BCUT2D eigenvalue weighted by Crippen LogP contribution is -2.32. The van der Waals surface area contributed by atoms with Gasteiger partial charge in [0.15, 0.2) is 0 Å². The summed E-state index contributed by atoms with van der Waals surface area (Å²) in [6, 6.07) is 0. The van der Waals surface area contributed by atoms with Crippen molar-refractivity contribution >= 4 is 15.9 Å². The van der Waals surface area contributed by atoms with E-state index in [1.54, 1.807) is 4.90 Å². The molecule has 0 aliphatic heterocycles. The molecule has 0 saturated carbocycles. The zero-order chi connectivity index (χ0) is 9.40. The van der Waals surface area contributed by atoms with E-state index in [9.17, 15) is 8.78 Å². The summed E-state index contributed by atoms with van der Waals surface area (Å²) in [5.41, 5.74) is 0. The molecule has 1 N–H and O–H groups in total. The van der Waals surface area contributed by atoms with Gasteiger partial charge >= 0.3 is 0 Å².